The van der Waals surface area contributed by atoms with Gasteiger partial charge in [0.2, 0.25) is 5.92 Å². The van der Waals surface area contributed by atoms with Gasteiger partial charge in [-0.1, -0.05) is 38.2 Å². The van der Waals surface area contributed by atoms with Crippen LogP contribution in [0.2, 0.25) is 0 Å². The van der Waals surface area contributed by atoms with E-state index in [4.69, 9.17) is 0 Å². The molecule has 2 N–H and O–H groups in total. The van der Waals surface area contributed by atoms with Gasteiger partial charge < -0.3 is 15.1 Å². The van der Waals surface area contributed by atoms with E-state index in [0.29, 0.717) is 43.6 Å². The highest BCUT2D eigenvalue weighted by molar-refractivity contribution is 5.38. The van der Waals surface area contributed by atoms with Crippen molar-refractivity contribution in [2.24, 2.45) is 29.1 Å². The predicted molar refractivity (Wildman–Crippen MR) is 134 cm³/mol. The number of fused-ring (bicyclic) bond motifs is 1. The summed E-state index contributed by atoms with van der Waals surface area (Å²) in [5.41, 5.74) is 3.48. The Kier molecular flexibility index (Phi) is 7.77. The third kappa shape index (κ3) is 5.37. The van der Waals surface area contributed by atoms with Crippen molar-refractivity contribution in [3.8, 4) is 0 Å². The van der Waals surface area contributed by atoms with E-state index >= 15 is 0 Å². The molecule has 4 fully saturated rings. The molecule has 3 aliphatic carbocycles. The molecule has 3 nitrogen and oxygen atoms in total. The zero-order valence-electron chi connectivity index (χ0n) is 21.4. The van der Waals surface area contributed by atoms with Crippen molar-refractivity contribution in [2.75, 3.05) is 19.6 Å². The Bertz CT molecular complexity index is 815. The molecular weight excluding hydrogens is 432 g/mol. The lowest BCUT2D eigenvalue weighted by Gasteiger charge is -2.46. The number of allylic oxidation sites excluding steroid dienone is 3. The third-order valence-corrected chi connectivity index (χ3v) is 9.76. The Morgan fingerprint density at radius 2 is 1.97 bits per heavy atom. The molecule has 1 aliphatic heterocycles. The molecule has 3 saturated carbocycles. The van der Waals surface area contributed by atoms with E-state index in [1.165, 1.54) is 31.3 Å². The van der Waals surface area contributed by atoms with Crippen molar-refractivity contribution in [1.29, 1.82) is 0 Å². The maximum Gasteiger partial charge on any atom is 0.249 e. The molecule has 4 rings (SSSR count). The number of rotatable bonds is 5. The first-order valence-electron chi connectivity index (χ1n) is 13.5. The van der Waals surface area contributed by atoms with Gasteiger partial charge in [-0.15, -0.1) is 0 Å². The molecule has 7 atom stereocenters. The number of halogens is 2. The molecule has 0 amide bonds. The Morgan fingerprint density at radius 3 is 2.71 bits per heavy atom. The minimum absolute atomic E-state index is 0.258. The maximum absolute atomic E-state index is 13.9. The highest BCUT2D eigenvalue weighted by Gasteiger charge is 2.51. The highest BCUT2D eigenvalue weighted by atomic mass is 19.3. The van der Waals surface area contributed by atoms with Gasteiger partial charge in [0.25, 0.3) is 0 Å². The van der Waals surface area contributed by atoms with Crippen LogP contribution in [0.25, 0.3) is 0 Å². The van der Waals surface area contributed by atoms with E-state index in [2.05, 4.69) is 37.5 Å². The fourth-order valence-electron chi connectivity index (χ4n) is 7.85. The van der Waals surface area contributed by atoms with Crippen LogP contribution >= 0.6 is 0 Å². The number of aliphatic hydroxyl groups excluding tert-OH is 2. The van der Waals surface area contributed by atoms with Crippen LogP contribution in [0.4, 0.5) is 8.78 Å². The van der Waals surface area contributed by atoms with Crippen molar-refractivity contribution in [2.45, 2.75) is 96.7 Å². The van der Waals surface area contributed by atoms with Gasteiger partial charge in [-0.2, -0.15) is 0 Å². The molecule has 0 aromatic rings. The van der Waals surface area contributed by atoms with Gasteiger partial charge in [0, 0.05) is 25.4 Å². The summed E-state index contributed by atoms with van der Waals surface area (Å²) in [5.74, 6) is -1.42. The topological polar surface area (TPSA) is 43.7 Å². The predicted octanol–water partition coefficient (Wildman–Crippen LogP) is 6.13. The second kappa shape index (κ2) is 10.1. The Hall–Kier alpha value is -1.04. The van der Waals surface area contributed by atoms with Crippen LogP contribution in [-0.4, -0.2) is 52.9 Å². The largest absolute Gasteiger partial charge is 0.393 e. The molecule has 4 aliphatic rings. The van der Waals surface area contributed by atoms with Crippen molar-refractivity contribution in [3.05, 3.63) is 35.5 Å². The fraction of sp³-hybridized carbons (Fsp3) is 0.793. The molecule has 1 heterocycles. The molecule has 0 aromatic heterocycles. The second-order valence-corrected chi connectivity index (χ2v) is 12.2. The van der Waals surface area contributed by atoms with Crippen LogP contribution in [0, 0.1) is 29.1 Å². The molecule has 192 valence electrons. The number of aliphatic hydroxyl groups is 2. The molecule has 0 spiro atoms. The molecule has 5 heteroatoms. The van der Waals surface area contributed by atoms with Crippen molar-refractivity contribution < 1.29 is 19.0 Å². The summed E-state index contributed by atoms with van der Waals surface area (Å²) < 4.78 is 27.9. The first-order chi connectivity index (χ1) is 16.0. The summed E-state index contributed by atoms with van der Waals surface area (Å²) in [5, 5.41) is 20.3. The lowest BCUT2D eigenvalue weighted by atomic mass is 9.61. The molecular formula is C29H45F2NO2. The lowest BCUT2D eigenvalue weighted by molar-refractivity contribution is -0.0695. The summed E-state index contributed by atoms with van der Waals surface area (Å²) >= 11 is 0. The van der Waals surface area contributed by atoms with E-state index in [9.17, 15) is 19.0 Å². The summed E-state index contributed by atoms with van der Waals surface area (Å²) in [6, 6.07) is 0. The smallest absolute Gasteiger partial charge is 0.249 e. The van der Waals surface area contributed by atoms with Crippen molar-refractivity contribution in [3.63, 3.8) is 0 Å². The molecule has 1 unspecified atom stereocenters. The average Bonchev–Trinajstić information content (AvgIpc) is 3.12. The van der Waals surface area contributed by atoms with Gasteiger partial charge >= 0.3 is 0 Å². The summed E-state index contributed by atoms with van der Waals surface area (Å²) in [7, 11) is 0. The second-order valence-electron chi connectivity index (χ2n) is 12.2. The monoisotopic (exact) mass is 477 g/mol. The minimum Gasteiger partial charge on any atom is -0.393 e. The van der Waals surface area contributed by atoms with Gasteiger partial charge in [-0.3, -0.25) is 0 Å². The average molecular weight is 478 g/mol. The van der Waals surface area contributed by atoms with E-state index in [-0.39, 0.29) is 5.41 Å². The van der Waals surface area contributed by atoms with Crippen LogP contribution in [0.5, 0.6) is 0 Å². The van der Waals surface area contributed by atoms with E-state index < -0.39 is 24.0 Å². The van der Waals surface area contributed by atoms with E-state index in [1.54, 1.807) is 0 Å². The van der Waals surface area contributed by atoms with Gasteiger partial charge in [-0.25, -0.2) is 8.78 Å². The number of piperidine rings is 1. The minimum atomic E-state index is -2.58. The van der Waals surface area contributed by atoms with Crippen LogP contribution in [0.15, 0.2) is 35.5 Å². The summed E-state index contributed by atoms with van der Waals surface area (Å²) in [6.07, 6.45) is 11.6. The zero-order valence-corrected chi connectivity index (χ0v) is 21.4. The van der Waals surface area contributed by atoms with Gasteiger partial charge in [0.1, 0.15) is 0 Å². The van der Waals surface area contributed by atoms with Crippen LogP contribution in [0.3, 0.4) is 0 Å². The fourth-order valence-corrected chi connectivity index (χ4v) is 7.85. The normalized spacial score (nSPS) is 41.1. The standard InChI is InChI=1S/C29H45F2NO2/c1-19(17-32-14-6-8-23(18-32)29(4,30)31)25-11-12-26-21(7-5-13-28(25,26)3)9-10-22-15-24(33)16-27(34)20(22)2/h9-10,19,23-27,33-34H,2,5-8,11-18H2,1,3-4H3/b21-9+,22-10-/t19?,23-,24+,25+,26-,27-,28+/m0/s1. The molecule has 0 radical (unpaired) electrons. The van der Waals surface area contributed by atoms with Crippen molar-refractivity contribution >= 4 is 0 Å². The first-order valence-corrected chi connectivity index (χ1v) is 13.5. The van der Waals surface area contributed by atoms with E-state index in [0.717, 1.165) is 44.0 Å². The van der Waals surface area contributed by atoms with Crippen LogP contribution in [-0.2, 0) is 0 Å². The SMILES string of the molecule is C=C1/C(=C\C=C2/CCC[C@]3(C)[C@@H](C(C)CN4CCC[C@H](C(C)(F)F)C4)CC[C@@H]23)C[C@@H](O)C[C@@H]1O. The Balaban J connectivity index is 1.44. The van der Waals surface area contributed by atoms with E-state index in [1.807, 2.05) is 0 Å². The zero-order chi connectivity index (χ0) is 24.7. The molecule has 0 aromatic carbocycles. The highest BCUT2D eigenvalue weighted by Crippen LogP contribution is 2.59. The number of nitrogens with zero attached hydrogens (tertiary/aromatic N) is 1. The molecule has 1 saturated heterocycles. The van der Waals surface area contributed by atoms with Crippen LogP contribution in [0.1, 0.15) is 78.6 Å². The number of hydrogen-bond acceptors (Lipinski definition) is 3. The first kappa shape index (κ1) is 26.0. The summed E-state index contributed by atoms with van der Waals surface area (Å²) in [4.78, 5) is 2.31. The third-order valence-electron chi connectivity index (χ3n) is 9.76. The van der Waals surface area contributed by atoms with Crippen LogP contribution < -0.4 is 0 Å². The van der Waals surface area contributed by atoms with Gasteiger partial charge in [-0.05, 0) is 99.1 Å². The van der Waals surface area contributed by atoms with Gasteiger partial charge in [0.15, 0.2) is 0 Å². The van der Waals surface area contributed by atoms with Crippen molar-refractivity contribution in [1.82, 2.24) is 4.90 Å². The Morgan fingerprint density at radius 1 is 1.21 bits per heavy atom. The Labute approximate surface area is 205 Å². The lowest BCUT2D eigenvalue weighted by Crippen LogP contribution is -2.46. The van der Waals surface area contributed by atoms with Gasteiger partial charge in [0.05, 0.1) is 12.2 Å². The molecule has 0 bridgehead atoms. The molecule has 34 heavy (non-hydrogen) atoms. The summed E-state index contributed by atoms with van der Waals surface area (Å²) in [6.45, 7) is 12.4. The number of hydrogen-bond donors (Lipinski definition) is 2. The number of likely N-dealkylation sites (tertiary alicyclic amines) is 1. The number of alkyl halides is 2. The quantitative estimate of drug-likeness (QED) is 0.501. The maximum atomic E-state index is 13.9.